The molecule has 0 bridgehead atoms. The predicted octanol–water partition coefficient (Wildman–Crippen LogP) is 2.82. The molecular weight excluding hydrogens is 192 g/mol. The quantitative estimate of drug-likeness (QED) is 0.818. The summed E-state index contributed by atoms with van der Waals surface area (Å²) in [6, 6.07) is 0. The maximum Gasteiger partial charge on any atom is 0.0921 e. The minimum atomic E-state index is 1.06. The van der Waals surface area contributed by atoms with Crippen molar-refractivity contribution in [2.45, 2.75) is 26.2 Å². The van der Waals surface area contributed by atoms with Crippen molar-refractivity contribution in [1.82, 2.24) is 9.97 Å². The Morgan fingerprint density at radius 1 is 1.29 bits per heavy atom. The van der Waals surface area contributed by atoms with Gasteiger partial charge < -0.3 is 4.98 Å². The monoisotopic (exact) mass is 206 g/mol. The number of hydrogen-bond donors (Lipinski definition) is 1. The molecule has 0 aliphatic heterocycles. The highest BCUT2D eigenvalue weighted by molar-refractivity contribution is 7.08. The zero-order valence-electron chi connectivity index (χ0n) is 8.29. The normalized spacial score (nSPS) is 10.6. The van der Waals surface area contributed by atoms with E-state index in [1.54, 1.807) is 17.7 Å². The molecule has 2 aromatic heterocycles. The topological polar surface area (TPSA) is 28.7 Å². The Bertz CT molecular complexity index is 376. The van der Waals surface area contributed by atoms with Gasteiger partial charge in [-0.05, 0) is 41.1 Å². The Labute approximate surface area is 88.0 Å². The van der Waals surface area contributed by atoms with E-state index in [2.05, 4.69) is 27.7 Å². The second-order valence-electron chi connectivity index (χ2n) is 3.35. The number of hydrogen-bond acceptors (Lipinski definition) is 2. The van der Waals surface area contributed by atoms with E-state index in [1.165, 1.54) is 16.8 Å². The van der Waals surface area contributed by atoms with Crippen LogP contribution in [0.4, 0.5) is 0 Å². The van der Waals surface area contributed by atoms with Crippen LogP contribution in [0.2, 0.25) is 0 Å². The molecule has 1 N–H and O–H groups in total. The molecule has 0 aliphatic carbocycles. The van der Waals surface area contributed by atoms with Crippen molar-refractivity contribution in [3.63, 3.8) is 0 Å². The fourth-order valence-corrected chi connectivity index (χ4v) is 2.55. The van der Waals surface area contributed by atoms with E-state index in [9.17, 15) is 0 Å². The standard InChI is InChI=1S/C11H14N2S/c1-2-9-6-14-7-10(9)3-4-11-5-12-8-13-11/h5-8H,2-4H2,1H3,(H,12,13). The highest BCUT2D eigenvalue weighted by atomic mass is 32.1. The van der Waals surface area contributed by atoms with Gasteiger partial charge >= 0.3 is 0 Å². The van der Waals surface area contributed by atoms with Crippen LogP contribution in [0.1, 0.15) is 23.7 Å². The van der Waals surface area contributed by atoms with E-state index in [0.717, 1.165) is 19.3 Å². The van der Waals surface area contributed by atoms with Gasteiger partial charge in [0.25, 0.3) is 0 Å². The van der Waals surface area contributed by atoms with Crippen LogP contribution in [0.25, 0.3) is 0 Å². The molecule has 0 aromatic carbocycles. The number of nitrogens with one attached hydrogen (secondary N) is 1. The van der Waals surface area contributed by atoms with E-state index >= 15 is 0 Å². The predicted molar refractivity (Wildman–Crippen MR) is 59.7 cm³/mol. The Morgan fingerprint density at radius 3 is 2.86 bits per heavy atom. The summed E-state index contributed by atoms with van der Waals surface area (Å²) >= 11 is 1.80. The van der Waals surface area contributed by atoms with Crippen LogP contribution in [0, 0.1) is 0 Å². The summed E-state index contributed by atoms with van der Waals surface area (Å²) in [5.41, 5.74) is 4.21. The van der Waals surface area contributed by atoms with Crippen molar-refractivity contribution in [3.8, 4) is 0 Å². The Hall–Kier alpha value is -1.09. The van der Waals surface area contributed by atoms with E-state index in [1.807, 2.05) is 6.20 Å². The second-order valence-corrected chi connectivity index (χ2v) is 4.10. The number of aromatic nitrogens is 2. The van der Waals surface area contributed by atoms with E-state index in [4.69, 9.17) is 0 Å². The molecule has 0 spiro atoms. The highest BCUT2D eigenvalue weighted by Crippen LogP contribution is 2.17. The zero-order chi connectivity index (χ0) is 9.80. The van der Waals surface area contributed by atoms with Gasteiger partial charge in [0.2, 0.25) is 0 Å². The first-order valence-electron chi connectivity index (χ1n) is 4.91. The third kappa shape index (κ3) is 2.04. The van der Waals surface area contributed by atoms with Gasteiger partial charge in [-0.2, -0.15) is 11.3 Å². The number of rotatable bonds is 4. The van der Waals surface area contributed by atoms with Crippen LogP contribution < -0.4 is 0 Å². The van der Waals surface area contributed by atoms with Crippen molar-refractivity contribution in [3.05, 3.63) is 40.1 Å². The molecule has 0 fully saturated rings. The second kappa shape index (κ2) is 4.42. The van der Waals surface area contributed by atoms with Crippen LogP contribution in [0.3, 0.4) is 0 Å². The molecule has 2 nitrogen and oxygen atoms in total. The molecule has 0 saturated heterocycles. The molecule has 14 heavy (non-hydrogen) atoms. The summed E-state index contributed by atoms with van der Waals surface area (Å²) in [7, 11) is 0. The van der Waals surface area contributed by atoms with Crippen molar-refractivity contribution in [2.75, 3.05) is 0 Å². The minimum absolute atomic E-state index is 1.06. The molecule has 0 saturated carbocycles. The van der Waals surface area contributed by atoms with Gasteiger partial charge in [0.05, 0.1) is 6.33 Å². The maximum absolute atomic E-state index is 4.01. The molecule has 0 aliphatic rings. The van der Waals surface area contributed by atoms with Crippen molar-refractivity contribution in [1.29, 1.82) is 0 Å². The summed E-state index contributed by atoms with van der Waals surface area (Å²) in [6.45, 7) is 2.21. The lowest BCUT2D eigenvalue weighted by atomic mass is 10.1. The molecule has 2 rings (SSSR count). The van der Waals surface area contributed by atoms with Gasteiger partial charge in [-0.15, -0.1) is 0 Å². The number of imidazole rings is 1. The van der Waals surface area contributed by atoms with Gasteiger partial charge in [0.15, 0.2) is 0 Å². The van der Waals surface area contributed by atoms with Crippen molar-refractivity contribution < 1.29 is 0 Å². The van der Waals surface area contributed by atoms with Crippen LogP contribution in [0.5, 0.6) is 0 Å². The van der Waals surface area contributed by atoms with E-state index in [-0.39, 0.29) is 0 Å². The summed E-state index contributed by atoms with van der Waals surface area (Å²) in [5.74, 6) is 0. The lowest BCUT2D eigenvalue weighted by Gasteiger charge is -1.99. The summed E-state index contributed by atoms with van der Waals surface area (Å²) < 4.78 is 0. The lowest BCUT2D eigenvalue weighted by molar-refractivity contribution is 0.911. The van der Waals surface area contributed by atoms with Crippen molar-refractivity contribution in [2.24, 2.45) is 0 Å². The van der Waals surface area contributed by atoms with Crippen molar-refractivity contribution >= 4 is 11.3 Å². The van der Waals surface area contributed by atoms with Crippen LogP contribution >= 0.6 is 11.3 Å². The maximum atomic E-state index is 4.01. The molecule has 2 heterocycles. The average Bonchev–Trinajstić information content (AvgIpc) is 2.85. The van der Waals surface area contributed by atoms with Crippen LogP contribution in [-0.2, 0) is 19.3 Å². The highest BCUT2D eigenvalue weighted by Gasteiger charge is 2.02. The number of aromatic amines is 1. The third-order valence-corrected chi connectivity index (χ3v) is 3.27. The first-order valence-corrected chi connectivity index (χ1v) is 5.85. The van der Waals surface area contributed by atoms with Crippen LogP contribution in [0.15, 0.2) is 23.3 Å². The van der Waals surface area contributed by atoms with Gasteiger partial charge in [-0.25, -0.2) is 4.98 Å². The SMILES string of the molecule is CCc1cscc1CCc1cnc[nH]1. The summed E-state index contributed by atoms with van der Waals surface area (Å²) in [4.78, 5) is 7.14. The third-order valence-electron chi connectivity index (χ3n) is 2.43. The Balaban J connectivity index is 1.98. The molecule has 2 aromatic rings. The van der Waals surface area contributed by atoms with Gasteiger partial charge in [0, 0.05) is 11.9 Å². The first kappa shape index (κ1) is 9.46. The molecule has 74 valence electrons. The van der Waals surface area contributed by atoms with Crippen LogP contribution in [-0.4, -0.2) is 9.97 Å². The number of thiophene rings is 1. The van der Waals surface area contributed by atoms with E-state index in [0.29, 0.717) is 0 Å². The zero-order valence-corrected chi connectivity index (χ0v) is 9.10. The van der Waals surface area contributed by atoms with Gasteiger partial charge in [0.1, 0.15) is 0 Å². The molecule has 0 atom stereocenters. The number of aryl methyl sites for hydroxylation is 3. The average molecular weight is 206 g/mol. The Morgan fingerprint density at radius 2 is 2.14 bits per heavy atom. The fraction of sp³-hybridized carbons (Fsp3) is 0.364. The van der Waals surface area contributed by atoms with Gasteiger partial charge in [-0.1, -0.05) is 6.92 Å². The van der Waals surface area contributed by atoms with E-state index < -0.39 is 0 Å². The molecule has 0 radical (unpaired) electrons. The largest absolute Gasteiger partial charge is 0.348 e. The Kier molecular flexibility index (Phi) is 2.99. The molecule has 3 heteroatoms. The fourth-order valence-electron chi connectivity index (χ4n) is 1.57. The molecular formula is C11H14N2S. The first-order chi connectivity index (χ1) is 6.90. The molecule has 0 amide bonds. The lowest BCUT2D eigenvalue weighted by Crippen LogP contribution is -1.93. The minimum Gasteiger partial charge on any atom is -0.348 e. The smallest absolute Gasteiger partial charge is 0.0921 e. The molecule has 0 unspecified atom stereocenters. The van der Waals surface area contributed by atoms with Gasteiger partial charge in [-0.3, -0.25) is 0 Å². The number of nitrogens with zero attached hydrogens (tertiary/aromatic N) is 1. The summed E-state index contributed by atoms with van der Waals surface area (Å²) in [6.07, 6.45) is 6.96. The number of H-pyrrole nitrogens is 1. The summed E-state index contributed by atoms with van der Waals surface area (Å²) in [5, 5.41) is 4.51.